The van der Waals surface area contributed by atoms with Crippen molar-refractivity contribution in [1.29, 1.82) is 0 Å². The molecule has 1 aliphatic carbocycles. The lowest BCUT2D eigenvalue weighted by molar-refractivity contribution is 0.152. The lowest BCUT2D eigenvalue weighted by atomic mass is 9.70. The zero-order valence-electron chi connectivity index (χ0n) is 13.2. The van der Waals surface area contributed by atoms with Gasteiger partial charge in [-0.25, -0.2) is 0 Å². The van der Waals surface area contributed by atoms with Crippen LogP contribution in [0, 0.1) is 5.41 Å². The number of hydrogen-bond acceptors (Lipinski definition) is 3. The largest absolute Gasteiger partial charge is 0.496 e. The van der Waals surface area contributed by atoms with Crippen LogP contribution in [0.3, 0.4) is 0 Å². The molecule has 1 aliphatic rings. The van der Waals surface area contributed by atoms with E-state index in [4.69, 9.17) is 9.47 Å². The zero-order valence-corrected chi connectivity index (χ0v) is 13.2. The molecule has 0 saturated heterocycles. The van der Waals surface area contributed by atoms with Gasteiger partial charge in [0.2, 0.25) is 0 Å². The van der Waals surface area contributed by atoms with Crippen LogP contribution in [0.25, 0.3) is 0 Å². The minimum absolute atomic E-state index is 0.355. The number of nitrogens with one attached hydrogen (secondary N) is 1. The van der Waals surface area contributed by atoms with Crippen LogP contribution in [0.5, 0.6) is 5.75 Å². The van der Waals surface area contributed by atoms with Crippen LogP contribution in [0.2, 0.25) is 0 Å². The number of benzene rings is 1. The van der Waals surface area contributed by atoms with E-state index < -0.39 is 0 Å². The molecule has 0 aromatic heterocycles. The molecule has 1 aromatic rings. The van der Waals surface area contributed by atoms with E-state index in [0.29, 0.717) is 18.1 Å². The van der Waals surface area contributed by atoms with Gasteiger partial charge < -0.3 is 14.8 Å². The lowest BCUT2D eigenvalue weighted by Crippen LogP contribution is -2.38. The minimum atomic E-state index is 0.355. The highest BCUT2D eigenvalue weighted by Crippen LogP contribution is 2.39. The Morgan fingerprint density at radius 2 is 2.05 bits per heavy atom. The third kappa shape index (κ3) is 3.53. The summed E-state index contributed by atoms with van der Waals surface area (Å²) in [5.74, 6) is 0.897. The molecule has 0 heterocycles. The fourth-order valence-corrected chi connectivity index (χ4v) is 2.81. The van der Waals surface area contributed by atoms with Gasteiger partial charge in [0.05, 0.1) is 13.7 Å². The molecule has 3 nitrogen and oxygen atoms in total. The fourth-order valence-electron chi connectivity index (χ4n) is 2.81. The Labute approximate surface area is 122 Å². The molecule has 0 spiro atoms. The van der Waals surface area contributed by atoms with Gasteiger partial charge in [-0.05, 0) is 42.9 Å². The Morgan fingerprint density at radius 3 is 2.60 bits per heavy atom. The Kier molecular flexibility index (Phi) is 5.06. The summed E-state index contributed by atoms with van der Waals surface area (Å²) in [7, 11) is 3.42. The molecular formula is C17H27NO2. The molecule has 1 saturated carbocycles. The van der Waals surface area contributed by atoms with Crippen LogP contribution >= 0.6 is 0 Å². The quantitative estimate of drug-likeness (QED) is 0.824. The SMILES string of the molecule is COCc1cc(C(C)NCC2(C)CCC2)ccc1OC. The van der Waals surface area contributed by atoms with Crippen molar-refractivity contribution in [1.82, 2.24) is 5.32 Å². The molecule has 3 heteroatoms. The predicted octanol–water partition coefficient (Wildman–Crippen LogP) is 3.68. The first kappa shape index (κ1) is 15.3. The standard InChI is InChI=1S/C17H27NO2/c1-13(18-12-17(2)8-5-9-17)14-6-7-16(20-4)15(10-14)11-19-3/h6-7,10,13,18H,5,8-9,11-12H2,1-4H3. The summed E-state index contributed by atoms with van der Waals surface area (Å²) in [4.78, 5) is 0. The van der Waals surface area contributed by atoms with Crippen molar-refractivity contribution in [2.45, 2.75) is 45.8 Å². The maximum absolute atomic E-state index is 5.37. The van der Waals surface area contributed by atoms with E-state index in [0.717, 1.165) is 17.9 Å². The van der Waals surface area contributed by atoms with Crippen molar-refractivity contribution >= 4 is 0 Å². The van der Waals surface area contributed by atoms with Crippen molar-refractivity contribution in [3.8, 4) is 5.75 Å². The van der Waals surface area contributed by atoms with Crippen LogP contribution in [-0.2, 0) is 11.3 Å². The average molecular weight is 277 g/mol. The van der Waals surface area contributed by atoms with Gasteiger partial charge >= 0.3 is 0 Å². The highest BCUT2D eigenvalue weighted by molar-refractivity contribution is 5.38. The van der Waals surface area contributed by atoms with Crippen molar-refractivity contribution in [3.63, 3.8) is 0 Å². The molecule has 112 valence electrons. The molecule has 20 heavy (non-hydrogen) atoms. The van der Waals surface area contributed by atoms with E-state index in [2.05, 4.69) is 31.3 Å². The Hall–Kier alpha value is -1.06. The van der Waals surface area contributed by atoms with Gasteiger partial charge in [0.25, 0.3) is 0 Å². The van der Waals surface area contributed by atoms with Gasteiger partial charge in [0, 0.05) is 25.3 Å². The topological polar surface area (TPSA) is 30.5 Å². The van der Waals surface area contributed by atoms with Gasteiger partial charge in [-0.15, -0.1) is 0 Å². The normalized spacial score (nSPS) is 18.4. The van der Waals surface area contributed by atoms with Crippen molar-refractivity contribution in [3.05, 3.63) is 29.3 Å². The molecule has 0 radical (unpaired) electrons. The average Bonchev–Trinajstić information content (AvgIpc) is 2.43. The second kappa shape index (κ2) is 6.59. The summed E-state index contributed by atoms with van der Waals surface area (Å²) in [6.45, 7) is 6.28. The molecule has 1 aromatic carbocycles. The third-order valence-corrected chi connectivity index (χ3v) is 4.50. The Balaban J connectivity index is 2.01. The molecule has 0 bridgehead atoms. The summed E-state index contributed by atoms with van der Waals surface area (Å²) in [5.41, 5.74) is 2.91. The van der Waals surface area contributed by atoms with Crippen LogP contribution in [-0.4, -0.2) is 20.8 Å². The van der Waals surface area contributed by atoms with Gasteiger partial charge in [0.15, 0.2) is 0 Å². The zero-order chi connectivity index (χ0) is 14.6. The number of rotatable bonds is 7. The first-order valence-electron chi connectivity index (χ1n) is 7.47. The summed E-state index contributed by atoms with van der Waals surface area (Å²) >= 11 is 0. The van der Waals surface area contributed by atoms with Gasteiger partial charge in [-0.3, -0.25) is 0 Å². The number of methoxy groups -OCH3 is 2. The second-order valence-electron chi connectivity index (χ2n) is 6.27. The number of hydrogen-bond donors (Lipinski definition) is 1. The smallest absolute Gasteiger partial charge is 0.124 e. The predicted molar refractivity (Wildman–Crippen MR) is 82.1 cm³/mol. The molecule has 0 amide bonds. The van der Waals surface area contributed by atoms with Gasteiger partial charge in [-0.2, -0.15) is 0 Å². The van der Waals surface area contributed by atoms with E-state index >= 15 is 0 Å². The van der Waals surface area contributed by atoms with Gasteiger partial charge in [0.1, 0.15) is 5.75 Å². The molecular weight excluding hydrogens is 250 g/mol. The molecule has 1 N–H and O–H groups in total. The Morgan fingerprint density at radius 1 is 1.30 bits per heavy atom. The molecule has 1 unspecified atom stereocenters. The highest BCUT2D eigenvalue weighted by Gasteiger charge is 2.31. The van der Waals surface area contributed by atoms with Crippen LogP contribution < -0.4 is 10.1 Å². The van der Waals surface area contributed by atoms with E-state index in [9.17, 15) is 0 Å². The van der Waals surface area contributed by atoms with Crippen LogP contribution in [0.4, 0.5) is 0 Å². The van der Waals surface area contributed by atoms with E-state index in [1.807, 2.05) is 6.07 Å². The summed E-state index contributed by atoms with van der Waals surface area (Å²) < 4.78 is 10.6. The van der Waals surface area contributed by atoms with Crippen LogP contribution in [0.1, 0.15) is 50.3 Å². The summed E-state index contributed by atoms with van der Waals surface area (Å²) in [6, 6.07) is 6.71. The van der Waals surface area contributed by atoms with Crippen LogP contribution in [0.15, 0.2) is 18.2 Å². The Bertz CT molecular complexity index is 441. The lowest BCUT2D eigenvalue weighted by Gasteiger charge is -2.39. The van der Waals surface area contributed by atoms with E-state index in [1.165, 1.54) is 24.8 Å². The van der Waals surface area contributed by atoms with Crippen molar-refractivity contribution in [2.75, 3.05) is 20.8 Å². The second-order valence-corrected chi connectivity index (χ2v) is 6.27. The van der Waals surface area contributed by atoms with Crippen molar-refractivity contribution in [2.24, 2.45) is 5.41 Å². The first-order chi connectivity index (χ1) is 9.58. The summed E-state index contributed by atoms with van der Waals surface area (Å²) in [5, 5.41) is 3.67. The summed E-state index contributed by atoms with van der Waals surface area (Å²) in [6.07, 6.45) is 4.08. The maximum atomic E-state index is 5.37. The molecule has 1 fully saturated rings. The maximum Gasteiger partial charge on any atom is 0.124 e. The van der Waals surface area contributed by atoms with E-state index in [1.54, 1.807) is 14.2 Å². The highest BCUT2D eigenvalue weighted by atomic mass is 16.5. The third-order valence-electron chi connectivity index (χ3n) is 4.50. The molecule has 0 aliphatic heterocycles. The van der Waals surface area contributed by atoms with Crippen molar-refractivity contribution < 1.29 is 9.47 Å². The van der Waals surface area contributed by atoms with Gasteiger partial charge in [-0.1, -0.05) is 19.4 Å². The van der Waals surface area contributed by atoms with E-state index in [-0.39, 0.29) is 0 Å². The number of ether oxygens (including phenoxy) is 2. The minimum Gasteiger partial charge on any atom is -0.496 e. The first-order valence-corrected chi connectivity index (χ1v) is 7.47. The monoisotopic (exact) mass is 277 g/mol. The molecule has 2 rings (SSSR count). The fraction of sp³-hybridized carbons (Fsp3) is 0.647. The molecule has 1 atom stereocenters.